The van der Waals surface area contributed by atoms with Gasteiger partial charge in [-0.1, -0.05) is 29.8 Å². The first-order chi connectivity index (χ1) is 13.1. The Bertz CT molecular complexity index is 1210. The van der Waals surface area contributed by atoms with E-state index in [-0.39, 0.29) is 18.6 Å². The Balaban J connectivity index is 2.02. The van der Waals surface area contributed by atoms with Crippen LogP contribution >= 0.6 is 0 Å². The highest BCUT2D eigenvalue weighted by Gasteiger charge is 2.19. The molecule has 7 heteroatoms. The van der Waals surface area contributed by atoms with Crippen LogP contribution in [0.4, 0.5) is 0 Å². The predicted molar refractivity (Wildman–Crippen MR) is 101 cm³/mol. The van der Waals surface area contributed by atoms with Gasteiger partial charge in [-0.25, -0.2) is 4.98 Å². The average Bonchev–Trinajstić information content (AvgIpc) is 3.01. The van der Waals surface area contributed by atoms with Gasteiger partial charge in [0, 0.05) is 0 Å². The van der Waals surface area contributed by atoms with Gasteiger partial charge in [-0.3, -0.25) is 14.2 Å². The molecule has 4 aromatic rings. The molecule has 0 fully saturated rings. The molecule has 0 spiro atoms. The molecule has 136 valence electrons. The summed E-state index contributed by atoms with van der Waals surface area (Å²) in [6.07, 6.45) is -0.0547. The fraction of sp³-hybridized carbons (Fsp3) is 0.200. The van der Waals surface area contributed by atoms with Crippen molar-refractivity contribution in [2.24, 2.45) is 0 Å². The maximum absolute atomic E-state index is 12.9. The van der Waals surface area contributed by atoms with Crippen LogP contribution in [-0.2, 0) is 16.0 Å². The Kier molecular flexibility index (Phi) is 4.19. The quantitative estimate of drug-likeness (QED) is 0.521. The number of para-hydroxylation sites is 1. The second-order valence-electron chi connectivity index (χ2n) is 6.21. The summed E-state index contributed by atoms with van der Waals surface area (Å²) < 4.78 is 8.03. The molecule has 0 atom stereocenters. The van der Waals surface area contributed by atoms with Crippen molar-refractivity contribution < 1.29 is 9.53 Å². The van der Waals surface area contributed by atoms with Crippen LogP contribution in [0.15, 0.2) is 53.3 Å². The van der Waals surface area contributed by atoms with Gasteiger partial charge in [0.15, 0.2) is 0 Å². The van der Waals surface area contributed by atoms with Crippen molar-refractivity contribution in [3.05, 3.63) is 70.3 Å². The van der Waals surface area contributed by atoms with E-state index in [0.717, 1.165) is 11.3 Å². The van der Waals surface area contributed by atoms with Crippen LogP contribution in [0.25, 0.3) is 22.4 Å². The number of esters is 1. The van der Waals surface area contributed by atoms with Crippen LogP contribution in [0.5, 0.6) is 0 Å². The average molecular weight is 362 g/mol. The monoisotopic (exact) mass is 362 g/mol. The van der Waals surface area contributed by atoms with E-state index in [0.29, 0.717) is 22.5 Å². The summed E-state index contributed by atoms with van der Waals surface area (Å²) in [7, 11) is 0. The van der Waals surface area contributed by atoms with Crippen molar-refractivity contribution in [2.75, 3.05) is 6.61 Å². The molecule has 0 saturated heterocycles. The molecule has 0 amide bonds. The second-order valence-corrected chi connectivity index (χ2v) is 6.21. The predicted octanol–water partition coefficient (Wildman–Crippen LogP) is 2.45. The first kappa shape index (κ1) is 17.0. The largest absolute Gasteiger partial charge is 0.466 e. The number of rotatable bonds is 4. The number of fused-ring (bicyclic) bond motifs is 2. The van der Waals surface area contributed by atoms with Gasteiger partial charge >= 0.3 is 5.97 Å². The van der Waals surface area contributed by atoms with Gasteiger partial charge in [-0.2, -0.15) is 4.52 Å². The molecule has 7 nitrogen and oxygen atoms in total. The molecule has 2 heterocycles. The first-order valence-electron chi connectivity index (χ1n) is 8.70. The summed E-state index contributed by atoms with van der Waals surface area (Å²) in [6, 6.07) is 14.9. The lowest BCUT2D eigenvalue weighted by molar-refractivity contribution is -0.142. The molecule has 0 unspecified atom stereocenters. The first-order valence-corrected chi connectivity index (χ1v) is 8.70. The van der Waals surface area contributed by atoms with Gasteiger partial charge in [0.1, 0.15) is 12.2 Å². The topological polar surface area (TPSA) is 78.5 Å². The minimum atomic E-state index is -0.404. The molecule has 2 aromatic carbocycles. The molecular weight excluding hydrogens is 344 g/mol. The van der Waals surface area contributed by atoms with E-state index >= 15 is 0 Å². The van der Waals surface area contributed by atoms with Gasteiger partial charge < -0.3 is 4.74 Å². The lowest BCUT2D eigenvalue weighted by Crippen LogP contribution is -2.16. The number of carbonyl (C=O) groups is 1. The van der Waals surface area contributed by atoms with Crippen molar-refractivity contribution in [3.8, 4) is 5.69 Å². The van der Waals surface area contributed by atoms with Crippen LogP contribution < -0.4 is 5.56 Å². The van der Waals surface area contributed by atoms with Gasteiger partial charge in [0.05, 0.1) is 23.2 Å². The molecular formula is C20H18N4O3. The molecule has 0 saturated carbocycles. The Labute approximate surface area is 154 Å². The van der Waals surface area contributed by atoms with Crippen LogP contribution in [0.3, 0.4) is 0 Å². The minimum Gasteiger partial charge on any atom is -0.466 e. The van der Waals surface area contributed by atoms with Crippen LogP contribution in [0.1, 0.15) is 18.3 Å². The van der Waals surface area contributed by atoms with E-state index < -0.39 is 5.97 Å². The maximum atomic E-state index is 12.9. The molecule has 4 rings (SSSR count). The highest BCUT2D eigenvalue weighted by molar-refractivity contribution is 5.79. The fourth-order valence-corrected chi connectivity index (χ4v) is 3.04. The van der Waals surface area contributed by atoms with Gasteiger partial charge in [-0.05, 0) is 38.1 Å². The zero-order valence-electron chi connectivity index (χ0n) is 15.0. The Hall–Kier alpha value is -3.48. The van der Waals surface area contributed by atoms with Crippen molar-refractivity contribution >= 4 is 22.6 Å². The van der Waals surface area contributed by atoms with E-state index in [1.807, 2.05) is 37.3 Å². The molecule has 0 radical (unpaired) electrons. The summed E-state index contributed by atoms with van der Waals surface area (Å²) in [5, 5.41) is 4.87. The molecule has 0 aliphatic heterocycles. The van der Waals surface area contributed by atoms with E-state index in [1.54, 1.807) is 29.7 Å². The van der Waals surface area contributed by atoms with Crippen molar-refractivity contribution in [3.63, 3.8) is 0 Å². The number of hydrogen-bond donors (Lipinski definition) is 0. The Morgan fingerprint density at radius 2 is 1.85 bits per heavy atom. The van der Waals surface area contributed by atoms with Crippen molar-refractivity contribution in [2.45, 2.75) is 20.3 Å². The summed E-state index contributed by atoms with van der Waals surface area (Å²) in [4.78, 5) is 29.6. The van der Waals surface area contributed by atoms with Gasteiger partial charge in [0.25, 0.3) is 5.56 Å². The molecule has 0 aliphatic carbocycles. The minimum absolute atomic E-state index is 0.0547. The van der Waals surface area contributed by atoms with Gasteiger partial charge in [0.2, 0.25) is 5.78 Å². The van der Waals surface area contributed by atoms with Crippen LogP contribution in [-0.4, -0.2) is 31.7 Å². The van der Waals surface area contributed by atoms with Gasteiger partial charge in [-0.15, -0.1) is 5.10 Å². The standard InChI is InChI=1S/C20H18N4O3/c1-3-27-18(25)12-17-22-24-19(26)15-6-4-5-7-16(15)21-20(24)23(17)14-10-8-13(2)9-11-14/h4-11H,3,12H2,1-2H3. The van der Waals surface area contributed by atoms with Crippen LogP contribution in [0, 0.1) is 6.92 Å². The third-order valence-corrected chi connectivity index (χ3v) is 4.31. The Morgan fingerprint density at radius 1 is 1.11 bits per heavy atom. The summed E-state index contributed by atoms with van der Waals surface area (Å²) in [5.41, 5.74) is 2.19. The summed E-state index contributed by atoms with van der Waals surface area (Å²) in [5.74, 6) is 0.359. The fourth-order valence-electron chi connectivity index (χ4n) is 3.04. The normalized spacial score (nSPS) is 11.2. The number of aromatic nitrogens is 4. The van der Waals surface area contributed by atoms with E-state index in [4.69, 9.17) is 4.74 Å². The zero-order chi connectivity index (χ0) is 19.0. The third kappa shape index (κ3) is 2.97. The zero-order valence-corrected chi connectivity index (χ0v) is 15.0. The highest BCUT2D eigenvalue weighted by atomic mass is 16.5. The number of hydrogen-bond acceptors (Lipinski definition) is 5. The molecule has 0 N–H and O–H groups in total. The lowest BCUT2D eigenvalue weighted by atomic mass is 10.2. The molecule has 27 heavy (non-hydrogen) atoms. The number of carbonyl (C=O) groups excluding carboxylic acids is 1. The highest BCUT2D eigenvalue weighted by Crippen LogP contribution is 2.18. The smallest absolute Gasteiger partial charge is 0.313 e. The van der Waals surface area contributed by atoms with E-state index in [1.165, 1.54) is 4.52 Å². The Morgan fingerprint density at radius 3 is 2.59 bits per heavy atom. The molecule has 0 bridgehead atoms. The van der Waals surface area contributed by atoms with Crippen molar-refractivity contribution in [1.82, 2.24) is 19.2 Å². The van der Waals surface area contributed by atoms with E-state index in [9.17, 15) is 9.59 Å². The summed E-state index contributed by atoms with van der Waals surface area (Å²) >= 11 is 0. The van der Waals surface area contributed by atoms with Crippen molar-refractivity contribution in [1.29, 1.82) is 0 Å². The number of benzene rings is 2. The van der Waals surface area contributed by atoms with E-state index in [2.05, 4.69) is 10.1 Å². The van der Waals surface area contributed by atoms with Crippen LogP contribution in [0.2, 0.25) is 0 Å². The maximum Gasteiger partial charge on any atom is 0.313 e. The number of aryl methyl sites for hydroxylation is 1. The number of nitrogens with zero attached hydrogens (tertiary/aromatic N) is 4. The SMILES string of the molecule is CCOC(=O)Cc1nn2c(=O)c3ccccc3nc2n1-c1ccc(C)cc1. The summed E-state index contributed by atoms with van der Waals surface area (Å²) in [6.45, 7) is 4.02. The molecule has 2 aromatic heterocycles. The molecule has 0 aliphatic rings. The lowest BCUT2D eigenvalue weighted by Gasteiger charge is -2.08. The second kappa shape index (κ2) is 6.68. The number of ether oxygens (including phenoxy) is 1. The third-order valence-electron chi connectivity index (χ3n) is 4.31.